The minimum Gasteiger partial charge on any atom is -0.480 e. The van der Waals surface area contributed by atoms with Gasteiger partial charge in [-0.15, -0.1) is 0 Å². The molecule has 0 unspecified atom stereocenters. The van der Waals surface area contributed by atoms with Crippen molar-refractivity contribution >= 4 is 33.5 Å². The van der Waals surface area contributed by atoms with Crippen molar-refractivity contribution in [1.29, 1.82) is 0 Å². The second-order valence-corrected chi connectivity index (χ2v) is 5.51. The molecule has 0 amide bonds. The summed E-state index contributed by atoms with van der Waals surface area (Å²) in [4.78, 5) is 21.1. The van der Waals surface area contributed by atoms with E-state index in [1.807, 2.05) is 6.92 Å². The summed E-state index contributed by atoms with van der Waals surface area (Å²) in [5, 5.41) is 20.1. The first-order valence-corrected chi connectivity index (χ1v) is 7.16. The monoisotopic (exact) mass is 268 g/mol. The van der Waals surface area contributed by atoms with E-state index in [0.29, 0.717) is 12.3 Å². The summed E-state index contributed by atoms with van der Waals surface area (Å²) in [6.07, 6.45) is 0. The second kappa shape index (κ2) is 8.68. The Morgan fingerprint density at radius 1 is 1.25 bits per heavy atom. The number of nitrogens with one attached hydrogen (secondary N) is 1. The molecule has 0 heterocycles. The molecule has 94 valence electrons. The fourth-order valence-electron chi connectivity index (χ4n) is 0.773. The summed E-state index contributed by atoms with van der Waals surface area (Å²) in [5.74, 6) is -1.31. The van der Waals surface area contributed by atoms with Gasteiger partial charge in [-0.25, -0.2) is 0 Å². The molecule has 0 radical (unpaired) electrons. The molecule has 5 N–H and O–H groups in total. The number of hydrogen-bond acceptors (Lipinski definition) is 6. The Balaban J connectivity index is 3.70. The smallest absolute Gasteiger partial charge is 0.321 e. The van der Waals surface area contributed by atoms with Gasteiger partial charge in [0.05, 0.1) is 0 Å². The minimum absolute atomic E-state index is 0.262. The summed E-state index contributed by atoms with van der Waals surface area (Å²) in [5.41, 5.74) is 5.29. The van der Waals surface area contributed by atoms with Crippen LogP contribution in [-0.2, 0) is 9.59 Å². The van der Waals surface area contributed by atoms with Crippen molar-refractivity contribution in [2.45, 2.75) is 19.0 Å². The summed E-state index contributed by atoms with van der Waals surface area (Å²) < 4.78 is 0. The normalized spacial score (nSPS) is 14.4. The molecule has 16 heavy (non-hydrogen) atoms. The molecule has 0 aliphatic heterocycles. The van der Waals surface area contributed by atoms with E-state index in [1.54, 1.807) is 0 Å². The lowest BCUT2D eigenvalue weighted by atomic mass is 10.3. The van der Waals surface area contributed by atoms with Crippen LogP contribution in [0.5, 0.6) is 0 Å². The fourth-order valence-corrected chi connectivity index (χ4v) is 3.08. The molecule has 0 bridgehead atoms. The van der Waals surface area contributed by atoms with Crippen LogP contribution in [0, 0.1) is 0 Å². The topological polar surface area (TPSA) is 113 Å². The highest BCUT2D eigenvalue weighted by atomic mass is 33.1. The van der Waals surface area contributed by atoms with Gasteiger partial charge in [-0.3, -0.25) is 9.59 Å². The van der Waals surface area contributed by atoms with Crippen molar-refractivity contribution < 1.29 is 19.8 Å². The average Bonchev–Trinajstić information content (AvgIpc) is 2.21. The molecular formula is C8H16N2O4S2. The third-order valence-electron chi connectivity index (χ3n) is 1.63. The van der Waals surface area contributed by atoms with E-state index in [4.69, 9.17) is 15.9 Å². The highest BCUT2D eigenvalue weighted by Gasteiger charge is 2.17. The number of carboxylic acid groups (broad SMARTS) is 2. The van der Waals surface area contributed by atoms with Gasteiger partial charge in [0.2, 0.25) is 0 Å². The third kappa shape index (κ3) is 6.94. The zero-order valence-corrected chi connectivity index (χ0v) is 10.5. The largest absolute Gasteiger partial charge is 0.480 e. The van der Waals surface area contributed by atoms with Crippen LogP contribution in [0.4, 0.5) is 0 Å². The third-order valence-corrected chi connectivity index (χ3v) is 4.08. The zero-order valence-electron chi connectivity index (χ0n) is 8.88. The van der Waals surface area contributed by atoms with E-state index in [9.17, 15) is 9.59 Å². The van der Waals surface area contributed by atoms with Crippen molar-refractivity contribution in [3.63, 3.8) is 0 Å². The maximum absolute atomic E-state index is 10.7. The van der Waals surface area contributed by atoms with Gasteiger partial charge in [-0.05, 0) is 6.54 Å². The average molecular weight is 268 g/mol. The second-order valence-electron chi connectivity index (χ2n) is 2.96. The van der Waals surface area contributed by atoms with Crippen molar-refractivity contribution in [2.75, 3.05) is 18.1 Å². The first-order chi connectivity index (χ1) is 7.49. The van der Waals surface area contributed by atoms with E-state index in [-0.39, 0.29) is 5.75 Å². The summed E-state index contributed by atoms with van der Waals surface area (Å²) in [7, 11) is 2.57. The molecule has 0 spiro atoms. The van der Waals surface area contributed by atoms with Gasteiger partial charge in [0.1, 0.15) is 12.1 Å². The van der Waals surface area contributed by atoms with Gasteiger partial charge in [0.15, 0.2) is 0 Å². The van der Waals surface area contributed by atoms with E-state index in [1.165, 1.54) is 21.6 Å². The summed E-state index contributed by atoms with van der Waals surface area (Å²) >= 11 is 0. The molecule has 0 rings (SSSR count). The first kappa shape index (κ1) is 15.6. The van der Waals surface area contributed by atoms with Gasteiger partial charge >= 0.3 is 11.9 Å². The molecule has 0 aromatic heterocycles. The molecule has 0 saturated heterocycles. The lowest BCUT2D eigenvalue weighted by Gasteiger charge is -2.12. The van der Waals surface area contributed by atoms with Crippen LogP contribution in [0.25, 0.3) is 0 Å². The highest BCUT2D eigenvalue weighted by Crippen LogP contribution is 2.22. The van der Waals surface area contributed by atoms with E-state index < -0.39 is 24.0 Å². The number of rotatable bonds is 9. The maximum atomic E-state index is 10.7. The number of nitrogens with two attached hydrogens (primary N) is 1. The lowest BCUT2D eigenvalue weighted by Crippen LogP contribution is -2.38. The molecule has 0 fully saturated rings. The van der Waals surface area contributed by atoms with E-state index >= 15 is 0 Å². The van der Waals surface area contributed by atoms with Crippen molar-refractivity contribution in [1.82, 2.24) is 5.32 Å². The Bertz CT molecular complexity index is 240. The Hall–Kier alpha value is -0.440. The predicted molar refractivity (Wildman–Crippen MR) is 65.6 cm³/mol. The van der Waals surface area contributed by atoms with Crippen LogP contribution in [0.3, 0.4) is 0 Å². The molecule has 0 saturated carbocycles. The van der Waals surface area contributed by atoms with Crippen LogP contribution in [0.15, 0.2) is 0 Å². The molecule has 0 aliphatic rings. The number of hydrogen-bond donors (Lipinski definition) is 4. The Labute approximate surface area is 102 Å². The molecule has 0 aromatic rings. The number of aliphatic carboxylic acids is 2. The quantitative estimate of drug-likeness (QED) is 0.337. The summed E-state index contributed by atoms with van der Waals surface area (Å²) in [6.45, 7) is 2.41. The Kier molecular flexibility index (Phi) is 8.44. The van der Waals surface area contributed by atoms with Crippen LogP contribution >= 0.6 is 21.6 Å². The van der Waals surface area contributed by atoms with Gasteiger partial charge in [-0.2, -0.15) is 0 Å². The van der Waals surface area contributed by atoms with Crippen molar-refractivity contribution in [3.05, 3.63) is 0 Å². The molecule has 0 aromatic carbocycles. The van der Waals surface area contributed by atoms with Crippen molar-refractivity contribution in [2.24, 2.45) is 5.73 Å². The lowest BCUT2D eigenvalue weighted by molar-refractivity contribution is -0.139. The van der Waals surface area contributed by atoms with Gasteiger partial charge < -0.3 is 21.3 Å². The SMILES string of the molecule is CCN[C@@H](CSSC[C@H](N)C(=O)O)C(=O)O. The number of carboxylic acids is 2. The van der Waals surface area contributed by atoms with Crippen LogP contribution in [0.2, 0.25) is 0 Å². The molecule has 8 heteroatoms. The highest BCUT2D eigenvalue weighted by molar-refractivity contribution is 8.76. The number of likely N-dealkylation sites (N-methyl/N-ethyl adjacent to an activating group) is 1. The van der Waals surface area contributed by atoms with Crippen molar-refractivity contribution in [3.8, 4) is 0 Å². The maximum Gasteiger partial charge on any atom is 0.321 e. The Morgan fingerprint density at radius 2 is 1.81 bits per heavy atom. The van der Waals surface area contributed by atoms with Gasteiger partial charge in [0, 0.05) is 11.5 Å². The summed E-state index contributed by atoms with van der Waals surface area (Å²) in [6, 6.07) is -1.51. The van der Waals surface area contributed by atoms with Crippen LogP contribution < -0.4 is 11.1 Å². The van der Waals surface area contributed by atoms with E-state index in [2.05, 4.69) is 5.32 Å². The fraction of sp³-hybridized carbons (Fsp3) is 0.750. The molecule has 6 nitrogen and oxygen atoms in total. The van der Waals surface area contributed by atoms with E-state index in [0.717, 1.165) is 0 Å². The molecule has 2 atom stereocenters. The number of carbonyl (C=O) groups is 2. The molecule has 0 aliphatic carbocycles. The minimum atomic E-state index is -1.05. The molecular weight excluding hydrogens is 252 g/mol. The van der Waals surface area contributed by atoms with Gasteiger partial charge in [-0.1, -0.05) is 28.5 Å². The van der Waals surface area contributed by atoms with Crippen LogP contribution in [-0.4, -0.2) is 52.3 Å². The van der Waals surface area contributed by atoms with Gasteiger partial charge in [0.25, 0.3) is 0 Å². The predicted octanol–water partition coefficient (Wildman–Crippen LogP) is -0.158. The standard InChI is InChI=1S/C8H16N2O4S2/c1-2-10-6(8(13)14)4-16-15-3-5(9)7(11)12/h5-6,10H,2-4,9H2,1H3,(H,11,12)(H,13,14)/t5-,6-/m0/s1. The Morgan fingerprint density at radius 3 is 2.25 bits per heavy atom. The zero-order chi connectivity index (χ0) is 12.6. The first-order valence-electron chi connectivity index (χ1n) is 4.68. The van der Waals surface area contributed by atoms with Crippen LogP contribution in [0.1, 0.15) is 6.92 Å².